The first-order chi connectivity index (χ1) is 7.61. The molecular formula is C10H12Cl2N4. The standard InChI is InChI=1S/C10H12Cl2N4/c1-7-9(10(12)15(2)14-7)5-16-4-8(3-11)13-6-16/h4,6H,3,5H2,1-2H3. The van der Waals surface area contributed by atoms with Gasteiger partial charge in [-0.2, -0.15) is 5.10 Å². The smallest absolute Gasteiger partial charge is 0.131 e. The molecule has 0 unspecified atom stereocenters. The lowest BCUT2D eigenvalue weighted by molar-refractivity contribution is 0.756. The van der Waals surface area contributed by atoms with Crippen LogP contribution < -0.4 is 0 Å². The van der Waals surface area contributed by atoms with Crippen LogP contribution in [0.5, 0.6) is 0 Å². The fourth-order valence-corrected chi connectivity index (χ4v) is 1.97. The lowest BCUT2D eigenvalue weighted by Crippen LogP contribution is -1.98. The Morgan fingerprint density at radius 1 is 1.44 bits per heavy atom. The van der Waals surface area contributed by atoms with E-state index in [1.54, 1.807) is 11.0 Å². The van der Waals surface area contributed by atoms with E-state index in [-0.39, 0.29) is 0 Å². The number of imidazole rings is 1. The van der Waals surface area contributed by atoms with Crippen molar-refractivity contribution in [1.29, 1.82) is 0 Å². The van der Waals surface area contributed by atoms with Gasteiger partial charge in [-0.1, -0.05) is 11.6 Å². The number of nitrogens with zero attached hydrogens (tertiary/aromatic N) is 4. The maximum Gasteiger partial charge on any atom is 0.131 e. The summed E-state index contributed by atoms with van der Waals surface area (Å²) in [5.41, 5.74) is 2.82. The molecule has 6 heteroatoms. The second-order valence-electron chi connectivity index (χ2n) is 3.65. The molecule has 0 radical (unpaired) electrons. The lowest BCUT2D eigenvalue weighted by atomic mass is 10.2. The van der Waals surface area contributed by atoms with E-state index in [0.29, 0.717) is 17.6 Å². The minimum absolute atomic E-state index is 0.423. The average Bonchev–Trinajstić information content (AvgIpc) is 2.80. The van der Waals surface area contributed by atoms with Crippen LogP contribution in [-0.2, 0) is 19.5 Å². The van der Waals surface area contributed by atoms with Crippen LogP contribution in [0.15, 0.2) is 12.5 Å². The third-order valence-electron chi connectivity index (χ3n) is 2.43. The molecule has 4 nitrogen and oxygen atoms in total. The Balaban J connectivity index is 2.26. The molecule has 0 aliphatic rings. The minimum Gasteiger partial charge on any atom is -0.333 e. The van der Waals surface area contributed by atoms with Gasteiger partial charge >= 0.3 is 0 Å². The summed E-state index contributed by atoms with van der Waals surface area (Å²) >= 11 is 11.8. The molecular weight excluding hydrogens is 247 g/mol. The Morgan fingerprint density at radius 2 is 2.19 bits per heavy atom. The Morgan fingerprint density at radius 3 is 2.69 bits per heavy atom. The Kier molecular flexibility index (Phi) is 3.21. The molecule has 2 aromatic rings. The molecule has 0 bridgehead atoms. The van der Waals surface area contributed by atoms with Gasteiger partial charge in [-0.25, -0.2) is 4.98 Å². The van der Waals surface area contributed by atoms with Crippen LogP contribution in [0.25, 0.3) is 0 Å². The molecule has 0 aliphatic heterocycles. The maximum atomic E-state index is 6.15. The molecule has 0 amide bonds. The summed E-state index contributed by atoms with van der Waals surface area (Å²) in [6, 6.07) is 0. The van der Waals surface area contributed by atoms with Crippen molar-refractivity contribution in [3.63, 3.8) is 0 Å². The van der Waals surface area contributed by atoms with Gasteiger partial charge in [-0.15, -0.1) is 11.6 Å². The molecule has 2 heterocycles. The molecule has 0 fully saturated rings. The van der Waals surface area contributed by atoms with Crippen molar-refractivity contribution < 1.29 is 0 Å². The molecule has 2 rings (SSSR count). The first-order valence-corrected chi connectivity index (χ1v) is 5.77. The highest BCUT2D eigenvalue weighted by molar-refractivity contribution is 6.30. The van der Waals surface area contributed by atoms with Gasteiger partial charge in [0.15, 0.2) is 0 Å². The van der Waals surface area contributed by atoms with Crippen LogP contribution in [0.1, 0.15) is 17.0 Å². The summed E-state index contributed by atoms with van der Waals surface area (Å²) in [4.78, 5) is 4.16. The zero-order valence-corrected chi connectivity index (χ0v) is 10.6. The topological polar surface area (TPSA) is 35.6 Å². The van der Waals surface area contributed by atoms with Crippen molar-refractivity contribution in [3.05, 3.63) is 34.6 Å². The molecule has 16 heavy (non-hydrogen) atoms. The van der Waals surface area contributed by atoms with Crippen LogP contribution in [0.4, 0.5) is 0 Å². The number of hydrogen-bond donors (Lipinski definition) is 0. The van der Waals surface area contributed by atoms with Crippen LogP contribution in [0, 0.1) is 6.92 Å². The maximum absolute atomic E-state index is 6.15. The summed E-state index contributed by atoms with van der Waals surface area (Å²) < 4.78 is 3.62. The highest BCUT2D eigenvalue weighted by Gasteiger charge is 2.11. The van der Waals surface area contributed by atoms with E-state index in [1.807, 2.05) is 24.7 Å². The van der Waals surface area contributed by atoms with E-state index in [9.17, 15) is 0 Å². The molecule has 0 aromatic carbocycles. The highest BCUT2D eigenvalue weighted by Crippen LogP contribution is 2.19. The fraction of sp³-hybridized carbons (Fsp3) is 0.400. The van der Waals surface area contributed by atoms with Gasteiger partial charge in [-0.05, 0) is 6.92 Å². The van der Waals surface area contributed by atoms with Crippen LogP contribution >= 0.6 is 23.2 Å². The van der Waals surface area contributed by atoms with Crippen molar-refractivity contribution in [1.82, 2.24) is 19.3 Å². The van der Waals surface area contributed by atoms with E-state index in [1.165, 1.54) is 0 Å². The SMILES string of the molecule is Cc1nn(C)c(Cl)c1Cn1cnc(CCl)c1. The first-order valence-electron chi connectivity index (χ1n) is 4.86. The van der Waals surface area contributed by atoms with Gasteiger partial charge < -0.3 is 4.57 Å². The van der Waals surface area contributed by atoms with E-state index in [0.717, 1.165) is 17.0 Å². The predicted octanol–water partition coefficient (Wildman–Crippen LogP) is 2.37. The number of halogens is 2. The van der Waals surface area contributed by atoms with Gasteiger partial charge in [-0.3, -0.25) is 4.68 Å². The summed E-state index contributed by atoms with van der Waals surface area (Å²) in [5.74, 6) is 0.423. The zero-order valence-electron chi connectivity index (χ0n) is 9.11. The van der Waals surface area contributed by atoms with E-state index >= 15 is 0 Å². The summed E-state index contributed by atoms with van der Waals surface area (Å²) in [5, 5.41) is 4.92. The van der Waals surface area contributed by atoms with Crippen molar-refractivity contribution in [2.75, 3.05) is 0 Å². The Bertz CT molecular complexity index is 501. The second kappa shape index (κ2) is 4.47. The average molecular weight is 259 g/mol. The number of hydrogen-bond acceptors (Lipinski definition) is 2. The molecule has 0 saturated carbocycles. The largest absolute Gasteiger partial charge is 0.333 e. The molecule has 2 aromatic heterocycles. The number of aryl methyl sites for hydroxylation is 2. The summed E-state index contributed by atoms with van der Waals surface area (Å²) in [6.07, 6.45) is 3.66. The third kappa shape index (κ3) is 2.08. The van der Waals surface area contributed by atoms with Gasteiger partial charge in [0.1, 0.15) is 5.15 Å². The number of rotatable bonds is 3. The van der Waals surface area contributed by atoms with Crippen LogP contribution in [-0.4, -0.2) is 19.3 Å². The number of aromatic nitrogens is 4. The third-order valence-corrected chi connectivity index (χ3v) is 3.18. The monoisotopic (exact) mass is 258 g/mol. The zero-order chi connectivity index (χ0) is 11.7. The minimum atomic E-state index is 0.423. The highest BCUT2D eigenvalue weighted by atomic mass is 35.5. The molecule has 86 valence electrons. The number of alkyl halides is 1. The Hall–Kier alpha value is -1.00. The van der Waals surface area contributed by atoms with E-state index < -0.39 is 0 Å². The van der Waals surface area contributed by atoms with Crippen molar-refractivity contribution >= 4 is 23.2 Å². The van der Waals surface area contributed by atoms with Crippen molar-refractivity contribution in [2.24, 2.45) is 7.05 Å². The predicted molar refractivity (Wildman–Crippen MR) is 63.8 cm³/mol. The van der Waals surface area contributed by atoms with Gasteiger partial charge in [0.05, 0.1) is 30.1 Å². The van der Waals surface area contributed by atoms with Gasteiger partial charge in [0.2, 0.25) is 0 Å². The van der Waals surface area contributed by atoms with Crippen LogP contribution in [0.3, 0.4) is 0 Å². The van der Waals surface area contributed by atoms with Crippen molar-refractivity contribution in [3.8, 4) is 0 Å². The molecule has 0 spiro atoms. The summed E-state index contributed by atoms with van der Waals surface area (Å²) in [7, 11) is 1.83. The van der Waals surface area contributed by atoms with Gasteiger partial charge in [0.25, 0.3) is 0 Å². The van der Waals surface area contributed by atoms with Crippen molar-refractivity contribution in [2.45, 2.75) is 19.3 Å². The second-order valence-corrected chi connectivity index (χ2v) is 4.27. The molecule has 0 N–H and O–H groups in total. The lowest BCUT2D eigenvalue weighted by Gasteiger charge is -2.01. The summed E-state index contributed by atoms with van der Waals surface area (Å²) in [6.45, 7) is 2.61. The normalized spacial score (nSPS) is 11.0. The molecule has 0 aliphatic carbocycles. The van der Waals surface area contributed by atoms with E-state index in [4.69, 9.17) is 23.2 Å². The molecule has 0 saturated heterocycles. The fourth-order valence-electron chi connectivity index (χ4n) is 1.60. The van der Waals surface area contributed by atoms with Crippen LogP contribution in [0.2, 0.25) is 5.15 Å². The quantitative estimate of drug-likeness (QED) is 0.793. The Labute approximate surface area is 104 Å². The molecule has 0 atom stereocenters. The van der Waals surface area contributed by atoms with Gasteiger partial charge in [0, 0.05) is 18.8 Å². The van der Waals surface area contributed by atoms with E-state index in [2.05, 4.69) is 10.1 Å². The first kappa shape index (κ1) is 11.5.